The molecule has 164 valence electrons. The van der Waals surface area contributed by atoms with E-state index in [-0.39, 0.29) is 11.8 Å². The van der Waals surface area contributed by atoms with Crippen LogP contribution in [0, 0.1) is 5.92 Å². The summed E-state index contributed by atoms with van der Waals surface area (Å²) in [6.07, 6.45) is 0.999. The molecule has 1 aliphatic rings. The second-order valence-corrected chi connectivity index (χ2v) is 10.9. The van der Waals surface area contributed by atoms with E-state index in [2.05, 4.69) is 15.3 Å². The summed E-state index contributed by atoms with van der Waals surface area (Å²) >= 11 is 1.22. The van der Waals surface area contributed by atoms with Gasteiger partial charge in [0.1, 0.15) is 10.0 Å². The number of piperidine rings is 1. The lowest BCUT2D eigenvalue weighted by Gasteiger charge is -2.30. The van der Waals surface area contributed by atoms with Crippen LogP contribution in [0.2, 0.25) is 0 Å². The van der Waals surface area contributed by atoms with Crippen molar-refractivity contribution in [3.63, 3.8) is 0 Å². The second kappa shape index (κ2) is 8.50. The number of nitrogens with zero attached hydrogens (tertiary/aromatic N) is 2. The smallest absolute Gasteiger partial charge is 0.252 e. The SMILES string of the molecule is O=C(Nc1cccc(-c2nc3ccccc3[nH]2)c1)C1CCN(S(=O)(=O)c2cccs2)CC1. The van der Waals surface area contributed by atoms with Crippen LogP contribution in [-0.4, -0.2) is 41.7 Å². The molecule has 0 spiro atoms. The molecule has 2 aromatic heterocycles. The summed E-state index contributed by atoms with van der Waals surface area (Å²) in [4.78, 5) is 20.8. The van der Waals surface area contributed by atoms with Crippen LogP contribution in [0.3, 0.4) is 0 Å². The molecule has 2 N–H and O–H groups in total. The summed E-state index contributed by atoms with van der Waals surface area (Å²) in [5.41, 5.74) is 3.43. The molecule has 0 unspecified atom stereocenters. The Labute approximate surface area is 190 Å². The Morgan fingerprint density at radius 1 is 1.06 bits per heavy atom. The predicted molar refractivity (Wildman–Crippen MR) is 126 cm³/mol. The molecule has 3 heterocycles. The summed E-state index contributed by atoms with van der Waals surface area (Å²) in [5, 5.41) is 4.75. The fourth-order valence-electron chi connectivity index (χ4n) is 3.97. The van der Waals surface area contributed by atoms with Crippen LogP contribution < -0.4 is 5.32 Å². The molecule has 7 nitrogen and oxygen atoms in total. The average Bonchev–Trinajstić information content (AvgIpc) is 3.50. The number of thiophene rings is 1. The van der Waals surface area contributed by atoms with Gasteiger partial charge in [-0.3, -0.25) is 4.79 Å². The normalized spacial score (nSPS) is 15.8. The highest BCUT2D eigenvalue weighted by Crippen LogP contribution is 2.28. The quantitative estimate of drug-likeness (QED) is 0.458. The molecule has 0 aliphatic carbocycles. The third kappa shape index (κ3) is 4.06. The van der Waals surface area contributed by atoms with Crippen molar-refractivity contribution in [2.24, 2.45) is 5.92 Å². The van der Waals surface area contributed by atoms with E-state index in [4.69, 9.17) is 0 Å². The lowest BCUT2D eigenvalue weighted by atomic mass is 9.97. The monoisotopic (exact) mass is 466 g/mol. The van der Waals surface area contributed by atoms with Gasteiger partial charge >= 0.3 is 0 Å². The van der Waals surface area contributed by atoms with Gasteiger partial charge in [0, 0.05) is 30.3 Å². The number of hydrogen-bond acceptors (Lipinski definition) is 5. The van der Waals surface area contributed by atoms with E-state index < -0.39 is 10.0 Å². The summed E-state index contributed by atoms with van der Waals surface area (Å²) in [6, 6.07) is 18.8. The van der Waals surface area contributed by atoms with E-state index in [9.17, 15) is 13.2 Å². The average molecular weight is 467 g/mol. The van der Waals surface area contributed by atoms with Crippen LogP contribution in [0.5, 0.6) is 0 Å². The molecular weight excluding hydrogens is 444 g/mol. The zero-order chi connectivity index (χ0) is 22.1. The van der Waals surface area contributed by atoms with Crippen molar-refractivity contribution >= 4 is 44.0 Å². The number of aromatic nitrogens is 2. The van der Waals surface area contributed by atoms with Crippen LogP contribution >= 0.6 is 11.3 Å². The summed E-state index contributed by atoms with van der Waals surface area (Å²) in [6.45, 7) is 0.689. The standard InChI is InChI=1S/C23H22N4O3S2/c28-23(16-10-12-27(13-11-16)32(29,30)21-9-4-14-31-21)24-18-6-3-5-17(15-18)22-25-19-7-1-2-8-20(19)26-22/h1-9,14-16H,10-13H2,(H,24,28)(H,25,26). The van der Waals surface area contributed by atoms with Gasteiger partial charge in [0.2, 0.25) is 5.91 Å². The molecule has 1 aliphatic heterocycles. The van der Waals surface area contributed by atoms with Crippen molar-refractivity contribution in [1.82, 2.24) is 14.3 Å². The second-order valence-electron chi connectivity index (χ2n) is 7.78. The van der Waals surface area contributed by atoms with Gasteiger partial charge in [-0.2, -0.15) is 4.31 Å². The zero-order valence-electron chi connectivity index (χ0n) is 17.2. The van der Waals surface area contributed by atoms with E-state index in [0.717, 1.165) is 22.4 Å². The van der Waals surface area contributed by atoms with Gasteiger partial charge in [-0.25, -0.2) is 13.4 Å². The molecule has 32 heavy (non-hydrogen) atoms. The van der Waals surface area contributed by atoms with Gasteiger partial charge in [-0.1, -0.05) is 30.3 Å². The Morgan fingerprint density at radius 2 is 1.88 bits per heavy atom. The minimum Gasteiger partial charge on any atom is -0.338 e. The van der Waals surface area contributed by atoms with Crippen molar-refractivity contribution in [3.8, 4) is 11.4 Å². The Morgan fingerprint density at radius 3 is 2.62 bits per heavy atom. The molecule has 0 bridgehead atoms. The molecule has 1 saturated heterocycles. The number of anilines is 1. The maximum atomic E-state index is 12.8. The molecule has 1 amide bonds. The number of imidazole rings is 1. The van der Waals surface area contributed by atoms with Crippen molar-refractivity contribution in [2.45, 2.75) is 17.1 Å². The zero-order valence-corrected chi connectivity index (χ0v) is 18.8. The third-order valence-electron chi connectivity index (χ3n) is 5.71. The summed E-state index contributed by atoms with van der Waals surface area (Å²) in [5.74, 6) is 0.439. The first-order chi connectivity index (χ1) is 15.5. The van der Waals surface area contributed by atoms with E-state index in [1.165, 1.54) is 15.6 Å². The first kappa shape index (κ1) is 20.9. The first-order valence-corrected chi connectivity index (χ1v) is 12.7. The Hall–Kier alpha value is -3.01. The highest BCUT2D eigenvalue weighted by molar-refractivity contribution is 7.91. The molecule has 0 saturated carbocycles. The van der Waals surface area contributed by atoms with Gasteiger partial charge in [0.05, 0.1) is 11.0 Å². The van der Waals surface area contributed by atoms with Crippen molar-refractivity contribution < 1.29 is 13.2 Å². The number of para-hydroxylation sites is 2. The molecule has 1 fully saturated rings. The number of carbonyl (C=O) groups is 1. The van der Waals surface area contributed by atoms with Crippen LogP contribution in [0.25, 0.3) is 22.4 Å². The van der Waals surface area contributed by atoms with Gasteiger partial charge in [-0.05, 0) is 48.6 Å². The molecule has 4 aromatic rings. The van der Waals surface area contributed by atoms with Gasteiger partial charge < -0.3 is 10.3 Å². The van der Waals surface area contributed by atoms with Gasteiger partial charge in [0.15, 0.2) is 0 Å². The van der Waals surface area contributed by atoms with Crippen LogP contribution in [0.4, 0.5) is 5.69 Å². The van der Waals surface area contributed by atoms with E-state index in [1.807, 2.05) is 48.5 Å². The molecule has 9 heteroatoms. The molecule has 5 rings (SSSR count). The van der Waals surface area contributed by atoms with E-state index >= 15 is 0 Å². The molecular formula is C23H22N4O3S2. The first-order valence-electron chi connectivity index (χ1n) is 10.4. The van der Waals surface area contributed by atoms with Crippen LogP contribution in [-0.2, 0) is 14.8 Å². The van der Waals surface area contributed by atoms with E-state index in [0.29, 0.717) is 35.8 Å². The number of nitrogens with one attached hydrogen (secondary N) is 2. The Balaban J connectivity index is 1.25. The highest BCUT2D eigenvalue weighted by atomic mass is 32.2. The van der Waals surface area contributed by atoms with E-state index in [1.54, 1.807) is 17.5 Å². The number of benzene rings is 2. The summed E-state index contributed by atoms with van der Waals surface area (Å²) in [7, 11) is -3.46. The highest BCUT2D eigenvalue weighted by Gasteiger charge is 2.32. The Kier molecular flexibility index (Phi) is 5.54. The molecule has 2 aromatic carbocycles. The number of fused-ring (bicyclic) bond motifs is 1. The fraction of sp³-hybridized carbons (Fsp3) is 0.217. The third-order valence-corrected chi connectivity index (χ3v) is 8.98. The van der Waals surface area contributed by atoms with Crippen molar-refractivity contribution in [2.75, 3.05) is 18.4 Å². The Bertz CT molecular complexity index is 1320. The molecule has 0 radical (unpaired) electrons. The van der Waals surface area contributed by atoms with Crippen LogP contribution in [0.15, 0.2) is 70.3 Å². The number of H-pyrrole nitrogens is 1. The van der Waals surface area contributed by atoms with Gasteiger partial charge in [-0.15, -0.1) is 11.3 Å². The van der Waals surface area contributed by atoms with Crippen molar-refractivity contribution in [1.29, 1.82) is 0 Å². The topological polar surface area (TPSA) is 95.2 Å². The number of amides is 1. The minimum absolute atomic E-state index is 0.0834. The van der Waals surface area contributed by atoms with Gasteiger partial charge in [0.25, 0.3) is 10.0 Å². The number of sulfonamides is 1. The maximum absolute atomic E-state index is 12.8. The molecule has 0 atom stereocenters. The number of rotatable bonds is 5. The van der Waals surface area contributed by atoms with Crippen molar-refractivity contribution in [3.05, 3.63) is 66.0 Å². The fourth-order valence-corrected chi connectivity index (χ4v) is 6.59. The lowest BCUT2D eigenvalue weighted by Crippen LogP contribution is -2.41. The predicted octanol–water partition coefficient (Wildman–Crippen LogP) is 4.33. The number of aromatic amines is 1. The largest absolute Gasteiger partial charge is 0.338 e. The number of carbonyl (C=O) groups excluding carboxylic acids is 1. The maximum Gasteiger partial charge on any atom is 0.252 e. The number of hydrogen-bond donors (Lipinski definition) is 2. The lowest BCUT2D eigenvalue weighted by molar-refractivity contribution is -0.120. The minimum atomic E-state index is -3.46. The van der Waals surface area contributed by atoms with Crippen LogP contribution in [0.1, 0.15) is 12.8 Å². The summed E-state index contributed by atoms with van der Waals surface area (Å²) < 4.78 is 27.2.